The lowest BCUT2D eigenvalue weighted by Gasteiger charge is -2.24. The summed E-state index contributed by atoms with van der Waals surface area (Å²) in [6.45, 7) is 5.65. The summed E-state index contributed by atoms with van der Waals surface area (Å²) in [6, 6.07) is 0. The zero-order valence-corrected chi connectivity index (χ0v) is 13.2. The van der Waals surface area contributed by atoms with Gasteiger partial charge in [0.1, 0.15) is 0 Å². The van der Waals surface area contributed by atoms with Gasteiger partial charge in [0, 0.05) is 37.2 Å². The number of aryl methyl sites for hydroxylation is 1. The van der Waals surface area contributed by atoms with Crippen LogP contribution in [0.2, 0.25) is 0 Å². The summed E-state index contributed by atoms with van der Waals surface area (Å²) in [7, 11) is 1.83. The smallest absolute Gasteiger partial charge is 0.381 e. The molecule has 0 spiro atoms. The summed E-state index contributed by atoms with van der Waals surface area (Å²) < 4.78 is 45.3. The molecule has 1 unspecified atom stereocenters. The van der Waals surface area contributed by atoms with Crippen molar-refractivity contribution in [1.82, 2.24) is 19.8 Å². The van der Waals surface area contributed by atoms with Gasteiger partial charge in [-0.15, -0.1) is 15.3 Å². The number of ether oxygens (including phenoxy) is 1. The number of anilines is 1. The minimum absolute atomic E-state index is 0.135. The van der Waals surface area contributed by atoms with Crippen molar-refractivity contribution >= 4 is 11.5 Å². The molecule has 3 rings (SSSR count). The Morgan fingerprint density at radius 2 is 2.00 bits per heavy atom. The van der Waals surface area contributed by atoms with Crippen molar-refractivity contribution in [3.05, 3.63) is 17.0 Å². The van der Waals surface area contributed by atoms with Crippen molar-refractivity contribution in [2.75, 3.05) is 31.7 Å². The second-order valence-electron chi connectivity index (χ2n) is 5.94. The number of hydrogen-bond acceptors (Lipinski definition) is 5. The van der Waals surface area contributed by atoms with E-state index in [2.05, 4.69) is 15.3 Å². The van der Waals surface area contributed by atoms with E-state index < -0.39 is 12.0 Å². The summed E-state index contributed by atoms with van der Waals surface area (Å²) in [4.78, 5) is 1.88. The summed E-state index contributed by atoms with van der Waals surface area (Å²) in [5.74, 6) is -0.234. The lowest BCUT2D eigenvalue weighted by atomic mass is 10.1. The Balaban J connectivity index is 2.03. The van der Waals surface area contributed by atoms with Crippen molar-refractivity contribution in [1.29, 1.82) is 0 Å². The monoisotopic (exact) mass is 329 g/mol. The molecule has 9 heteroatoms. The molecular weight excluding hydrogens is 311 g/mol. The average Bonchev–Trinajstić information content (AvgIpc) is 3.10. The van der Waals surface area contributed by atoms with E-state index in [1.54, 1.807) is 6.92 Å². The normalized spacial score (nSPS) is 18.8. The molecule has 0 N–H and O–H groups in total. The number of halogens is 3. The largest absolute Gasteiger partial charge is 0.453 e. The maximum absolute atomic E-state index is 13.1. The Labute approximate surface area is 131 Å². The number of fused-ring (bicyclic) bond motifs is 1. The van der Waals surface area contributed by atoms with Gasteiger partial charge in [0.2, 0.25) is 0 Å². The van der Waals surface area contributed by atoms with Gasteiger partial charge in [-0.1, -0.05) is 0 Å². The molecule has 1 fully saturated rings. The number of alkyl halides is 3. The zero-order valence-electron chi connectivity index (χ0n) is 13.2. The van der Waals surface area contributed by atoms with Crippen LogP contribution in [0.3, 0.4) is 0 Å². The highest BCUT2D eigenvalue weighted by atomic mass is 19.4. The first kappa shape index (κ1) is 16.0. The Hall–Kier alpha value is -1.90. The third-order valence-electron chi connectivity index (χ3n) is 4.24. The average molecular weight is 329 g/mol. The van der Waals surface area contributed by atoms with E-state index in [0.29, 0.717) is 30.5 Å². The first-order valence-electron chi connectivity index (χ1n) is 7.37. The maximum atomic E-state index is 13.1. The van der Waals surface area contributed by atoms with Crippen LogP contribution in [0.25, 0.3) is 5.65 Å². The topological polar surface area (TPSA) is 55.5 Å². The summed E-state index contributed by atoms with van der Waals surface area (Å²) in [6.07, 6.45) is -3.64. The second-order valence-corrected chi connectivity index (χ2v) is 5.94. The van der Waals surface area contributed by atoms with Crippen LogP contribution in [0.15, 0.2) is 0 Å². The van der Waals surface area contributed by atoms with Crippen LogP contribution in [0.1, 0.15) is 23.4 Å². The molecule has 2 aromatic heterocycles. The second kappa shape index (κ2) is 5.63. The van der Waals surface area contributed by atoms with E-state index in [4.69, 9.17) is 4.74 Å². The van der Waals surface area contributed by atoms with E-state index >= 15 is 0 Å². The molecule has 1 saturated heterocycles. The van der Waals surface area contributed by atoms with E-state index in [9.17, 15) is 13.2 Å². The molecule has 0 aliphatic carbocycles. The molecule has 1 aliphatic rings. The van der Waals surface area contributed by atoms with Crippen molar-refractivity contribution in [2.24, 2.45) is 5.92 Å². The van der Waals surface area contributed by atoms with E-state index in [1.807, 2.05) is 18.9 Å². The SMILES string of the molecule is Cc1c(N(C)CC2CCOC2)nn2c(C(F)(F)F)nnc2c1C. The standard InChI is InChI=1S/C14H18F3N5O/c1-8-9(2)12(21(3)6-10-4-5-23-7-10)20-22-11(8)18-19-13(22)14(15,16)17/h10H,4-7H2,1-3H3. The summed E-state index contributed by atoms with van der Waals surface area (Å²) >= 11 is 0. The predicted molar refractivity (Wildman–Crippen MR) is 77.5 cm³/mol. The highest BCUT2D eigenvalue weighted by Gasteiger charge is 2.38. The predicted octanol–water partition coefficient (Wildman–Crippen LogP) is 2.23. The lowest BCUT2D eigenvalue weighted by molar-refractivity contribution is -0.146. The fraction of sp³-hybridized carbons (Fsp3) is 0.643. The molecule has 1 atom stereocenters. The van der Waals surface area contributed by atoms with Crippen LogP contribution in [0.4, 0.5) is 19.0 Å². The van der Waals surface area contributed by atoms with Gasteiger partial charge in [-0.3, -0.25) is 0 Å². The molecule has 0 bridgehead atoms. The van der Waals surface area contributed by atoms with Gasteiger partial charge in [-0.05, 0) is 20.3 Å². The first-order chi connectivity index (χ1) is 10.8. The molecule has 1 aliphatic heterocycles. The highest BCUT2D eigenvalue weighted by molar-refractivity contribution is 5.59. The Morgan fingerprint density at radius 1 is 1.26 bits per heavy atom. The van der Waals surface area contributed by atoms with Crippen LogP contribution in [-0.4, -0.2) is 46.6 Å². The van der Waals surface area contributed by atoms with Crippen LogP contribution in [0.5, 0.6) is 0 Å². The third-order valence-corrected chi connectivity index (χ3v) is 4.24. The van der Waals surface area contributed by atoms with Crippen molar-refractivity contribution in [3.63, 3.8) is 0 Å². The van der Waals surface area contributed by atoms with Gasteiger partial charge in [-0.25, -0.2) is 0 Å². The van der Waals surface area contributed by atoms with Gasteiger partial charge in [-0.2, -0.15) is 17.7 Å². The first-order valence-corrected chi connectivity index (χ1v) is 7.37. The zero-order chi connectivity index (χ0) is 16.8. The maximum Gasteiger partial charge on any atom is 0.453 e. The minimum Gasteiger partial charge on any atom is -0.381 e. The minimum atomic E-state index is -4.59. The lowest BCUT2D eigenvalue weighted by Crippen LogP contribution is -2.28. The Kier molecular flexibility index (Phi) is 3.91. The van der Waals surface area contributed by atoms with Crippen molar-refractivity contribution in [2.45, 2.75) is 26.4 Å². The fourth-order valence-corrected chi connectivity index (χ4v) is 2.85. The molecule has 3 heterocycles. The number of aromatic nitrogens is 4. The number of hydrogen-bond donors (Lipinski definition) is 0. The molecule has 2 aromatic rings. The van der Waals surface area contributed by atoms with Crippen molar-refractivity contribution in [3.8, 4) is 0 Å². The van der Waals surface area contributed by atoms with Crippen LogP contribution < -0.4 is 4.90 Å². The van der Waals surface area contributed by atoms with Gasteiger partial charge in [0.15, 0.2) is 11.5 Å². The molecule has 6 nitrogen and oxygen atoms in total. The molecule has 126 valence electrons. The Bertz CT molecular complexity index is 721. The van der Waals surface area contributed by atoms with Crippen LogP contribution in [0, 0.1) is 19.8 Å². The van der Waals surface area contributed by atoms with Gasteiger partial charge in [0.25, 0.3) is 5.82 Å². The highest BCUT2D eigenvalue weighted by Crippen LogP contribution is 2.30. The molecule has 23 heavy (non-hydrogen) atoms. The van der Waals surface area contributed by atoms with E-state index in [0.717, 1.165) is 23.1 Å². The van der Waals surface area contributed by atoms with E-state index in [-0.39, 0.29) is 5.65 Å². The summed E-state index contributed by atoms with van der Waals surface area (Å²) in [5.41, 5.74) is 1.59. The van der Waals surface area contributed by atoms with Crippen molar-refractivity contribution < 1.29 is 17.9 Å². The molecule has 0 aromatic carbocycles. The number of nitrogens with zero attached hydrogens (tertiary/aromatic N) is 5. The molecule has 0 radical (unpaired) electrons. The number of rotatable bonds is 3. The van der Waals surface area contributed by atoms with Gasteiger partial charge >= 0.3 is 6.18 Å². The van der Waals surface area contributed by atoms with Crippen LogP contribution >= 0.6 is 0 Å². The van der Waals surface area contributed by atoms with Crippen LogP contribution in [-0.2, 0) is 10.9 Å². The fourth-order valence-electron chi connectivity index (χ4n) is 2.85. The quantitative estimate of drug-likeness (QED) is 0.864. The molecular formula is C14H18F3N5O. The van der Waals surface area contributed by atoms with Gasteiger partial charge < -0.3 is 9.64 Å². The van der Waals surface area contributed by atoms with E-state index in [1.165, 1.54) is 0 Å². The van der Waals surface area contributed by atoms with Gasteiger partial charge in [0.05, 0.1) is 6.61 Å². The molecule has 0 amide bonds. The Morgan fingerprint density at radius 3 is 2.61 bits per heavy atom. The third kappa shape index (κ3) is 2.85. The molecule has 0 saturated carbocycles. The summed E-state index contributed by atoms with van der Waals surface area (Å²) in [5, 5.41) is 11.1.